The van der Waals surface area contributed by atoms with Gasteiger partial charge in [0.25, 0.3) is 5.91 Å². The molecule has 1 fully saturated rings. The number of rotatable bonds is 8. The number of nitrogens with zero attached hydrogens (tertiary/aromatic N) is 3. The van der Waals surface area contributed by atoms with Crippen LogP contribution in [0.4, 0.5) is 10.1 Å². The minimum Gasteiger partial charge on any atom is -0.494 e. The standard InChI is InChI=1S/C27H28ClFN4O3/c1-2-36-21-11-8-18(9-12-21)25(26(34)32-19-6-4-3-5-7-19)33(20-10-13-23(29)22(28)16-20)27(35)24-17-30-14-15-31-24/h8-17,19,25H,2-7H2,1H3,(H,32,34)/t25-/m0/s1. The summed E-state index contributed by atoms with van der Waals surface area (Å²) in [6.07, 6.45) is 9.15. The first-order chi connectivity index (χ1) is 17.5. The average Bonchev–Trinajstić information content (AvgIpc) is 2.90. The number of amides is 2. The molecule has 3 aromatic rings. The summed E-state index contributed by atoms with van der Waals surface area (Å²) >= 11 is 6.09. The second-order valence-electron chi connectivity index (χ2n) is 8.61. The Morgan fingerprint density at radius 3 is 2.53 bits per heavy atom. The van der Waals surface area contributed by atoms with Gasteiger partial charge in [-0.05, 0) is 55.7 Å². The van der Waals surface area contributed by atoms with Gasteiger partial charge in [-0.25, -0.2) is 9.37 Å². The van der Waals surface area contributed by atoms with E-state index in [2.05, 4.69) is 15.3 Å². The van der Waals surface area contributed by atoms with Crippen molar-refractivity contribution in [2.45, 2.75) is 51.1 Å². The molecule has 0 bridgehead atoms. The second-order valence-corrected chi connectivity index (χ2v) is 9.02. The van der Waals surface area contributed by atoms with E-state index in [1.807, 2.05) is 6.92 Å². The van der Waals surface area contributed by atoms with E-state index in [1.54, 1.807) is 24.3 Å². The summed E-state index contributed by atoms with van der Waals surface area (Å²) in [7, 11) is 0. The topological polar surface area (TPSA) is 84.4 Å². The van der Waals surface area contributed by atoms with Gasteiger partial charge < -0.3 is 10.1 Å². The number of aromatic nitrogens is 2. The molecule has 0 aliphatic heterocycles. The normalized spacial score (nSPS) is 14.6. The lowest BCUT2D eigenvalue weighted by atomic mass is 9.94. The van der Waals surface area contributed by atoms with Gasteiger partial charge in [0.2, 0.25) is 5.91 Å². The van der Waals surface area contributed by atoms with Crippen molar-refractivity contribution in [3.63, 3.8) is 0 Å². The molecule has 2 aromatic carbocycles. The third-order valence-corrected chi connectivity index (χ3v) is 6.44. The molecule has 1 N–H and O–H groups in total. The lowest BCUT2D eigenvalue weighted by molar-refractivity contribution is -0.123. The Kier molecular flexibility index (Phi) is 8.48. The fourth-order valence-corrected chi connectivity index (χ4v) is 4.58. The molecule has 0 spiro atoms. The Morgan fingerprint density at radius 1 is 1.14 bits per heavy atom. The monoisotopic (exact) mass is 510 g/mol. The fourth-order valence-electron chi connectivity index (χ4n) is 4.41. The second kappa shape index (κ2) is 11.9. The van der Waals surface area contributed by atoms with Crippen LogP contribution in [0.3, 0.4) is 0 Å². The maximum absolute atomic E-state index is 14.0. The minimum absolute atomic E-state index is 0.0155. The lowest BCUT2D eigenvalue weighted by Crippen LogP contribution is -2.47. The van der Waals surface area contributed by atoms with Crippen LogP contribution in [0.5, 0.6) is 5.75 Å². The van der Waals surface area contributed by atoms with Crippen LogP contribution in [0.1, 0.15) is 61.1 Å². The number of carbonyl (C=O) groups excluding carboxylic acids is 2. The van der Waals surface area contributed by atoms with Crippen molar-refractivity contribution in [2.75, 3.05) is 11.5 Å². The summed E-state index contributed by atoms with van der Waals surface area (Å²) in [6, 6.07) is 9.87. The Balaban J connectivity index is 1.81. The number of hydrogen-bond donors (Lipinski definition) is 1. The highest BCUT2D eigenvalue weighted by Gasteiger charge is 2.35. The zero-order chi connectivity index (χ0) is 25.5. The van der Waals surface area contributed by atoms with Crippen molar-refractivity contribution in [1.29, 1.82) is 0 Å². The summed E-state index contributed by atoms with van der Waals surface area (Å²) in [4.78, 5) is 37.1. The molecule has 9 heteroatoms. The summed E-state index contributed by atoms with van der Waals surface area (Å²) in [6.45, 7) is 2.38. The molecule has 2 amide bonds. The van der Waals surface area contributed by atoms with Crippen LogP contribution in [-0.4, -0.2) is 34.4 Å². The van der Waals surface area contributed by atoms with Crippen molar-refractivity contribution in [2.24, 2.45) is 0 Å². The maximum atomic E-state index is 14.0. The summed E-state index contributed by atoms with van der Waals surface area (Å²) in [5.74, 6) is -0.895. The molecule has 1 atom stereocenters. The van der Waals surface area contributed by atoms with Gasteiger partial charge in [-0.1, -0.05) is 43.0 Å². The van der Waals surface area contributed by atoms with E-state index in [4.69, 9.17) is 16.3 Å². The van der Waals surface area contributed by atoms with E-state index >= 15 is 0 Å². The van der Waals surface area contributed by atoms with Crippen LogP contribution in [0.15, 0.2) is 61.1 Å². The van der Waals surface area contributed by atoms with Crippen LogP contribution in [0.2, 0.25) is 5.02 Å². The SMILES string of the molecule is CCOc1ccc([C@@H](C(=O)NC2CCCCC2)N(C(=O)c2cnccn2)c2ccc(F)c(Cl)c2)cc1. The van der Waals surface area contributed by atoms with Crippen LogP contribution in [0.25, 0.3) is 0 Å². The van der Waals surface area contributed by atoms with Crippen molar-refractivity contribution in [3.8, 4) is 5.75 Å². The maximum Gasteiger partial charge on any atom is 0.279 e. The zero-order valence-corrected chi connectivity index (χ0v) is 20.7. The minimum atomic E-state index is -1.07. The van der Waals surface area contributed by atoms with Crippen LogP contribution in [-0.2, 0) is 4.79 Å². The average molecular weight is 511 g/mol. The molecule has 7 nitrogen and oxygen atoms in total. The van der Waals surface area contributed by atoms with Crippen LogP contribution < -0.4 is 15.0 Å². The molecule has 0 radical (unpaired) electrons. The van der Waals surface area contributed by atoms with E-state index in [0.717, 1.165) is 32.1 Å². The van der Waals surface area contributed by atoms with E-state index in [9.17, 15) is 14.0 Å². The number of benzene rings is 2. The highest BCUT2D eigenvalue weighted by Crippen LogP contribution is 2.33. The van der Waals surface area contributed by atoms with E-state index < -0.39 is 17.8 Å². The van der Waals surface area contributed by atoms with Crippen LogP contribution >= 0.6 is 11.6 Å². The molecule has 4 rings (SSSR count). The first-order valence-electron chi connectivity index (χ1n) is 12.1. The van der Waals surface area contributed by atoms with Gasteiger partial charge in [0.05, 0.1) is 17.8 Å². The Hall–Kier alpha value is -3.52. The number of carbonyl (C=O) groups is 2. The highest BCUT2D eigenvalue weighted by atomic mass is 35.5. The highest BCUT2D eigenvalue weighted by molar-refractivity contribution is 6.31. The third kappa shape index (κ3) is 5.99. The van der Waals surface area contributed by atoms with Crippen molar-refractivity contribution >= 4 is 29.1 Å². The largest absolute Gasteiger partial charge is 0.494 e. The molecular formula is C27H28ClFN4O3. The van der Waals surface area contributed by atoms with E-state index in [0.29, 0.717) is 17.9 Å². The quantitative estimate of drug-likeness (QED) is 0.432. The number of nitrogens with one attached hydrogen (secondary N) is 1. The molecule has 1 aliphatic carbocycles. The number of hydrogen-bond acceptors (Lipinski definition) is 5. The van der Waals surface area contributed by atoms with Gasteiger partial charge >= 0.3 is 0 Å². The van der Waals surface area contributed by atoms with Gasteiger partial charge in [0.15, 0.2) is 0 Å². The van der Waals surface area contributed by atoms with Gasteiger partial charge in [0, 0.05) is 24.1 Å². The lowest BCUT2D eigenvalue weighted by Gasteiger charge is -2.33. The summed E-state index contributed by atoms with van der Waals surface area (Å²) in [5.41, 5.74) is 0.860. The number of halogens is 2. The first-order valence-corrected chi connectivity index (χ1v) is 12.4. The molecule has 1 aromatic heterocycles. The molecule has 36 heavy (non-hydrogen) atoms. The first kappa shape index (κ1) is 25.6. The molecular weight excluding hydrogens is 483 g/mol. The molecule has 1 saturated carbocycles. The fraction of sp³-hybridized carbons (Fsp3) is 0.333. The molecule has 0 unspecified atom stereocenters. The summed E-state index contributed by atoms with van der Waals surface area (Å²) in [5, 5.41) is 2.97. The van der Waals surface area contributed by atoms with E-state index in [-0.39, 0.29) is 28.4 Å². The third-order valence-electron chi connectivity index (χ3n) is 6.15. The Bertz CT molecular complexity index is 1190. The van der Waals surface area contributed by atoms with Gasteiger partial charge in [-0.15, -0.1) is 0 Å². The van der Waals surface area contributed by atoms with E-state index in [1.165, 1.54) is 41.7 Å². The Morgan fingerprint density at radius 2 is 1.89 bits per heavy atom. The van der Waals surface area contributed by atoms with Crippen molar-refractivity contribution in [1.82, 2.24) is 15.3 Å². The zero-order valence-electron chi connectivity index (χ0n) is 20.0. The smallest absolute Gasteiger partial charge is 0.279 e. The van der Waals surface area contributed by atoms with Gasteiger partial charge in [-0.3, -0.25) is 19.5 Å². The number of anilines is 1. The van der Waals surface area contributed by atoms with Crippen LogP contribution in [0, 0.1) is 5.82 Å². The molecule has 188 valence electrons. The van der Waals surface area contributed by atoms with Gasteiger partial charge in [-0.2, -0.15) is 0 Å². The number of ether oxygens (including phenoxy) is 1. The Labute approximate surface area is 214 Å². The van der Waals surface area contributed by atoms with Crippen molar-refractivity contribution in [3.05, 3.63) is 83.2 Å². The van der Waals surface area contributed by atoms with Gasteiger partial charge in [0.1, 0.15) is 23.3 Å². The summed E-state index contributed by atoms with van der Waals surface area (Å²) < 4.78 is 19.6. The molecule has 1 aliphatic rings. The predicted octanol–water partition coefficient (Wildman–Crippen LogP) is 5.50. The molecule has 0 saturated heterocycles. The molecule has 1 heterocycles. The predicted molar refractivity (Wildman–Crippen MR) is 136 cm³/mol. The van der Waals surface area contributed by atoms with Crippen molar-refractivity contribution < 1.29 is 18.7 Å².